The van der Waals surface area contributed by atoms with Gasteiger partial charge in [-0.05, 0) is 43.7 Å². The minimum atomic E-state index is -3.92. The van der Waals surface area contributed by atoms with Crippen LogP contribution in [0.1, 0.15) is 19.4 Å². The molecule has 7 nitrogen and oxygen atoms in total. The van der Waals surface area contributed by atoms with Crippen LogP contribution in [0.25, 0.3) is 11.3 Å². The molecule has 0 unspecified atom stereocenters. The molecule has 0 atom stereocenters. The molecule has 0 saturated carbocycles. The lowest BCUT2D eigenvalue weighted by Crippen LogP contribution is -2.18. The van der Waals surface area contributed by atoms with Crippen LogP contribution < -0.4 is 9.46 Å². The Morgan fingerprint density at radius 1 is 0.848 bits per heavy atom. The fourth-order valence-corrected chi connectivity index (χ4v) is 4.25. The van der Waals surface area contributed by atoms with Gasteiger partial charge in [-0.3, -0.25) is 0 Å². The van der Waals surface area contributed by atoms with Gasteiger partial charge in [-0.2, -0.15) is 4.98 Å². The molecule has 0 aliphatic rings. The van der Waals surface area contributed by atoms with Crippen molar-refractivity contribution in [3.05, 3.63) is 96.6 Å². The standard InChI is InChI=1S/C25H23N3O4S/c1-25(2,29)21-16-10-9-15-20(21)22-17-23(32-18-11-5-3-6-12-18)27-24(26-22)28-33(30,31)19-13-7-4-8-14-19/h3-17,29H,1-2H3,(H,26,27,28). The van der Waals surface area contributed by atoms with Crippen LogP contribution >= 0.6 is 0 Å². The van der Waals surface area contributed by atoms with Gasteiger partial charge in [0.05, 0.1) is 16.2 Å². The third-order valence-electron chi connectivity index (χ3n) is 4.81. The molecule has 2 N–H and O–H groups in total. The number of nitrogens with zero attached hydrogens (tertiary/aromatic N) is 2. The Morgan fingerprint density at radius 3 is 2.12 bits per heavy atom. The van der Waals surface area contributed by atoms with Gasteiger partial charge in [0.25, 0.3) is 10.0 Å². The van der Waals surface area contributed by atoms with Gasteiger partial charge in [0, 0.05) is 11.6 Å². The van der Waals surface area contributed by atoms with Crippen molar-refractivity contribution in [1.29, 1.82) is 0 Å². The van der Waals surface area contributed by atoms with E-state index in [1.54, 1.807) is 62.4 Å². The number of para-hydroxylation sites is 1. The first-order chi connectivity index (χ1) is 15.7. The lowest BCUT2D eigenvalue weighted by atomic mass is 9.91. The van der Waals surface area contributed by atoms with E-state index >= 15 is 0 Å². The molecular formula is C25H23N3O4S. The van der Waals surface area contributed by atoms with E-state index in [2.05, 4.69) is 14.7 Å². The van der Waals surface area contributed by atoms with Gasteiger partial charge < -0.3 is 9.84 Å². The molecule has 0 saturated heterocycles. The molecule has 33 heavy (non-hydrogen) atoms. The van der Waals surface area contributed by atoms with Crippen molar-refractivity contribution in [2.45, 2.75) is 24.3 Å². The topological polar surface area (TPSA) is 101 Å². The number of aliphatic hydroxyl groups is 1. The summed E-state index contributed by atoms with van der Waals surface area (Å²) in [7, 11) is -3.92. The second-order valence-corrected chi connectivity index (χ2v) is 9.54. The van der Waals surface area contributed by atoms with E-state index in [0.29, 0.717) is 22.6 Å². The highest BCUT2D eigenvalue weighted by Crippen LogP contribution is 2.33. The zero-order chi connectivity index (χ0) is 23.5. The first-order valence-electron chi connectivity index (χ1n) is 10.2. The highest BCUT2D eigenvalue weighted by molar-refractivity contribution is 7.92. The third kappa shape index (κ3) is 5.36. The summed E-state index contributed by atoms with van der Waals surface area (Å²) in [5.41, 5.74) is 0.516. The molecule has 168 valence electrons. The smallest absolute Gasteiger partial charge is 0.264 e. The van der Waals surface area contributed by atoms with Crippen molar-refractivity contribution in [2.24, 2.45) is 0 Å². The van der Waals surface area contributed by atoms with Gasteiger partial charge in [-0.25, -0.2) is 18.1 Å². The van der Waals surface area contributed by atoms with Crippen LogP contribution in [0.5, 0.6) is 11.6 Å². The van der Waals surface area contributed by atoms with Crippen LogP contribution in [0, 0.1) is 0 Å². The molecule has 1 aromatic heterocycles. The predicted molar refractivity (Wildman–Crippen MR) is 126 cm³/mol. The van der Waals surface area contributed by atoms with Gasteiger partial charge in [0.15, 0.2) is 0 Å². The zero-order valence-electron chi connectivity index (χ0n) is 18.1. The van der Waals surface area contributed by atoms with Gasteiger partial charge in [-0.1, -0.05) is 60.7 Å². The summed E-state index contributed by atoms with van der Waals surface area (Å²) in [6, 6.07) is 25.8. The molecule has 0 aliphatic carbocycles. The van der Waals surface area contributed by atoms with Crippen molar-refractivity contribution in [1.82, 2.24) is 9.97 Å². The fourth-order valence-electron chi connectivity index (χ4n) is 3.29. The number of hydrogen-bond donors (Lipinski definition) is 2. The van der Waals surface area contributed by atoms with E-state index in [0.717, 1.165) is 0 Å². The van der Waals surface area contributed by atoms with E-state index in [-0.39, 0.29) is 16.7 Å². The van der Waals surface area contributed by atoms with Crippen molar-refractivity contribution < 1.29 is 18.3 Å². The average molecular weight is 462 g/mol. The normalized spacial score (nSPS) is 11.7. The largest absolute Gasteiger partial charge is 0.439 e. The summed E-state index contributed by atoms with van der Waals surface area (Å²) in [5.74, 6) is 0.546. The Morgan fingerprint density at radius 2 is 1.45 bits per heavy atom. The minimum absolute atomic E-state index is 0.0847. The van der Waals surface area contributed by atoms with Gasteiger partial charge in [-0.15, -0.1) is 0 Å². The molecule has 4 rings (SSSR count). The maximum absolute atomic E-state index is 12.9. The van der Waals surface area contributed by atoms with E-state index < -0.39 is 15.6 Å². The number of sulfonamides is 1. The van der Waals surface area contributed by atoms with E-state index in [4.69, 9.17) is 4.74 Å². The molecule has 0 fully saturated rings. The molecule has 1 heterocycles. The van der Waals surface area contributed by atoms with Crippen LogP contribution in [0.15, 0.2) is 95.9 Å². The number of hydrogen-bond acceptors (Lipinski definition) is 6. The van der Waals surface area contributed by atoms with Crippen molar-refractivity contribution >= 4 is 16.0 Å². The Kier molecular flexibility index (Phi) is 6.13. The summed E-state index contributed by atoms with van der Waals surface area (Å²) in [6.07, 6.45) is 0. The molecule has 0 amide bonds. The van der Waals surface area contributed by atoms with Crippen LogP contribution in [0.3, 0.4) is 0 Å². The number of rotatable bonds is 7. The van der Waals surface area contributed by atoms with E-state index in [9.17, 15) is 13.5 Å². The second kappa shape index (κ2) is 9.01. The van der Waals surface area contributed by atoms with Crippen LogP contribution in [-0.2, 0) is 15.6 Å². The predicted octanol–water partition coefficient (Wildman–Crippen LogP) is 4.96. The molecule has 0 bridgehead atoms. The van der Waals surface area contributed by atoms with Crippen LogP contribution in [0.4, 0.5) is 5.95 Å². The second-order valence-electron chi connectivity index (χ2n) is 7.85. The van der Waals surface area contributed by atoms with Crippen LogP contribution in [0.2, 0.25) is 0 Å². The minimum Gasteiger partial charge on any atom is -0.439 e. The maximum atomic E-state index is 12.9. The number of ether oxygens (including phenoxy) is 1. The Labute approximate surface area is 192 Å². The summed E-state index contributed by atoms with van der Waals surface area (Å²) in [4.78, 5) is 8.79. The molecule has 0 spiro atoms. The van der Waals surface area contributed by atoms with Gasteiger partial charge in [0.1, 0.15) is 5.75 Å². The van der Waals surface area contributed by atoms with Crippen molar-refractivity contribution in [3.63, 3.8) is 0 Å². The van der Waals surface area contributed by atoms with E-state index in [1.165, 1.54) is 12.1 Å². The Bertz CT molecular complexity index is 1350. The zero-order valence-corrected chi connectivity index (χ0v) is 19.0. The molecule has 0 radical (unpaired) electrons. The number of aromatic nitrogens is 2. The molecule has 0 aliphatic heterocycles. The maximum Gasteiger partial charge on any atom is 0.264 e. The quantitative estimate of drug-likeness (QED) is 0.403. The lowest BCUT2D eigenvalue weighted by Gasteiger charge is -2.21. The number of nitrogens with one attached hydrogen (secondary N) is 1. The summed E-state index contributed by atoms with van der Waals surface area (Å²) >= 11 is 0. The Balaban J connectivity index is 1.82. The summed E-state index contributed by atoms with van der Waals surface area (Å²) in [5, 5.41) is 10.7. The highest BCUT2D eigenvalue weighted by atomic mass is 32.2. The van der Waals surface area contributed by atoms with Crippen molar-refractivity contribution in [2.75, 3.05) is 4.72 Å². The number of anilines is 1. The third-order valence-corrected chi connectivity index (χ3v) is 6.15. The van der Waals surface area contributed by atoms with Gasteiger partial charge >= 0.3 is 0 Å². The summed E-state index contributed by atoms with van der Waals surface area (Å²) < 4.78 is 34.1. The van der Waals surface area contributed by atoms with Crippen LogP contribution in [-0.4, -0.2) is 23.5 Å². The monoisotopic (exact) mass is 461 g/mol. The number of benzene rings is 3. The first kappa shape index (κ1) is 22.4. The first-order valence-corrected chi connectivity index (χ1v) is 11.7. The average Bonchev–Trinajstić information content (AvgIpc) is 2.79. The lowest BCUT2D eigenvalue weighted by molar-refractivity contribution is 0.0792. The Hall–Kier alpha value is -3.75. The fraction of sp³-hybridized carbons (Fsp3) is 0.120. The molecule has 3 aromatic carbocycles. The highest BCUT2D eigenvalue weighted by Gasteiger charge is 2.23. The van der Waals surface area contributed by atoms with E-state index in [1.807, 2.05) is 30.3 Å². The summed E-state index contributed by atoms with van der Waals surface area (Å²) in [6.45, 7) is 3.35. The SMILES string of the molecule is CC(C)(O)c1ccccc1-c1cc(Oc2ccccc2)nc(NS(=O)(=O)c2ccccc2)n1. The molecular weight excluding hydrogens is 438 g/mol. The molecule has 4 aromatic rings. The van der Waals surface area contributed by atoms with Gasteiger partial charge in [0.2, 0.25) is 11.8 Å². The van der Waals surface area contributed by atoms with Crippen molar-refractivity contribution in [3.8, 4) is 22.9 Å². The molecule has 8 heteroatoms.